The number of aromatic nitrogens is 4. The molecular weight excluding hydrogens is 420 g/mol. The van der Waals surface area contributed by atoms with E-state index in [0.29, 0.717) is 19.0 Å². The van der Waals surface area contributed by atoms with Crippen LogP contribution in [-0.2, 0) is 13.1 Å². The van der Waals surface area contributed by atoms with E-state index in [0.717, 1.165) is 49.8 Å². The minimum absolute atomic E-state index is 0.0412. The molecule has 0 saturated heterocycles. The number of imidazole rings is 1. The first-order valence-electron chi connectivity index (χ1n) is 11.0. The van der Waals surface area contributed by atoms with Crippen LogP contribution in [0, 0.1) is 6.92 Å². The van der Waals surface area contributed by atoms with Crippen molar-refractivity contribution in [3.05, 3.63) is 53.2 Å². The van der Waals surface area contributed by atoms with Crippen LogP contribution in [0.25, 0.3) is 32.6 Å². The summed E-state index contributed by atoms with van der Waals surface area (Å²) < 4.78 is 2.35. The number of aryl methyl sites for hydroxylation is 1. The molecule has 2 amide bonds. The average molecular weight is 445 g/mol. The number of hydrogen-bond donors (Lipinski definition) is 1. The van der Waals surface area contributed by atoms with E-state index in [-0.39, 0.29) is 6.03 Å². The summed E-state index contributed by atoms with van der Waals surface area (Å²) in [6, 6.07) is 8.42. The predicted molar refractivity (Wildman–Crippen MR) is 126 cm³/mol. The summed E-state index contributed by atoms with van der Waals surface area (Å²) in [5, 5.41) is 6.01. The zero-order valence-electron chi connectivity index (χ0n) is 18.1. The van der Waals surface area contributed by atoms with Crippen LogP contribution in [0.2, 0.25) is 0 Å². The molecule has 6 rings (SSSR count). The molecule has 1 N–H and O–H groups in total. The Morgan fingerprint density at radius 2 is 2.06 bits per heavy atom. The normalized spacial score (nSPS) is 15.8. The second kappa shape index (κ2) is 7.41. The van der Waals surface area contributed by atoms with Crippen molar-refractivity contribution in [3.8, 4) is 21.8 Å². The van der Waals surface area contributed by atoms with Crippen LogP contribution >= 0.6 is 11.3 Å². The summed E-state index contributed by atoms with van der Waals surface area (Å²) in [6.07, 6.45) is 6.24. The Labute approximate surface area is 190 Å². The summed E-state index contributed by atoms with van der Waals surface area (Å²) in [5.74, 6) is 1.72. The smallest absolute Gasteiger partial charge is 0.317 e. The number of nitrogens with one attached hydrogen (secondary N) is 1. The maximum Gasteiger partial charge on any atom is 0.317 e. The Bertz CT molecular complexity index is 1350. The highest BCUT2D eigenvalue weighted by Gasteiger charge is 2.34. The van der Waals surface area contributed by atoms with Gasteiger partial charge in [-0.1, -0.05) is 18.2 Å². The van der Waals surface area contributed by atoms with E-state index >= 15 is 0 Å². The van der Waals surface area contributed by atoms with Gasteiger partial charge in [0.05, 0.1) is 33.5 Å². The van der Waals surface area contributed by atoms with Crippen LogP contribution < -0.4 is 5.32 Å². The first kappa shape index (κ1) is 19.4. The van der Waals surface area contributed by atoms with E-state index in [1.54, 1.807) is 18.4 Å². The van der Waals surface area contributed by atoms with Crippen molar-refractivity contribution in [2.45, 2.75) is 38.8 Å². The monoisotopic (exact) mass is 444 g/mol. The maximum absolute atomic E-state index is 12.3. The molecule has 0 radical (unpaired) electrons. The average Bonchev–Trinajstić information content (AvgIpc) is 3.47. The van der Waals surface area contributed by atoms with E-state index in [9.17, 15) is 4.79 Å². The second-order valence-electron chi connectivity index (χ2n) is 8.51. The molecule has 0 unspecified atom stereocenters. The lowest BCUT2D eigenvalue weighted by Crippen LogP contribution is -2.43. The third-order valence-corrected chi connectivity index (χ3v) is 7.31. The van der Waals surface area contributed by atoms with E-state index < -0.39 is 0 Å². The van der Waals surface area contributed by atoms with E-state index in [1.165, 1.54) is 18.7 Å². The van der Waals surface area contributed by atoms with Gasteiger partial charge in [-0.2, -0.15) is 0 Å². The highest BCUT2D eigenvalue weighted by molar-refractivity contribution is 7.15. The molecule has 1 aliphatic carbocycles. The molecule has 32 heavy (non-hydrogen) atoms. The zero-order valence-corrected chi connectivity index (χ0v) is 18.9. The molecule has 2 aliphatic rings. The fourth-order valence-electron chi connectivity index (χ4n) is 4.59. The fraction of sp³-hybridized carbons (Fsp3) is 0.333. The summed E-state index contributed by atoms with van der Waals surface area (Å²) in [7, 11) is 1.68. The quantitative estimate of drug-likeness (QED) is 0.503. The standard InChI is InChI=1S/C24H24N6OS/c1-14-26-12-21(32-14)19-10-16-4-3-5-17(18(16)11-27-19)22-20-13-29(24(31)25-2)8-9-30(20)23(28-22)15-6-7-15/h3-5,10-12,15H,6-9,13H2,1-2H3,(H,25,31). The number of carbonyl (C=O) groups is 1. The highest BCUT2D eigenvalue weighted by Crippen LogP contribution is 2.43. The van der Waals surface area contributed by atoms with Crippen molar-refractivity contribution in [1.29, 1.82) is 0 Å². The highest BCUT2D eigenvalue weighted by atomic mass is 32.1. The van der Waals surface area contributed by atoms with Crippen LogP contribution in [0.3, 0.4) is 0 Å². The van der Waals surface area contributed by atoms with Crippen molar-refractivity contribution in [2.24, 2.45) is 0 Å². The SMILES string of the molecule is CNC(=O)N1CCn2c(C3CC3)nc(-c3cccc4cc(-c5cnc(C)s5)ncc34)c2C1. The molecule has 4 aromatic rings. The molecule has 1 aliphatic heterocycles. The summed E-state index contributed by atoms with van der Waals surface area (Å²) >= 11 is 1.65. The summed E-state index contributed by atoms with van der Waals surface area (Å²) in [4.78, 5) is 29.6. The molecule has 0 spiro atoms. The molecule has 8 heteroatoms. The van der Waals surface area contributed by atoms with Gasteiger partial charge < -0.3 is 14.8 Å². The minimum atomic E-state index is -0.0412. The van der Waals surface area contributed by atoms with Crippen molar-refractivity contribution in [1.82, 2.24) is 29.7 Å². The molecule has 1 aromatic carbocycles. The van der Waals surface area contributed by atoms with Gasteiger partial charge >= 0.3 is 6.03 Å². The van der Waals surface area contributed by atoms with Gasteiger partial charge in [-0.15, -0.1) is 11.3 Å². The van der Waals surface area contributed by atoms with Gasteiger partial charge in [0, 0.05) is 49.4 Å². The molecule has 7 nitrogen and oxygen atoms in total. The first-order valence-corrected chi connectivity index (χ1v) is 11.8. The number of fused-ring (bicyclic) bond motifs is 2. The third kappa shape index (κ3) is 3.17. The number of urea groups is 1. The number of benzene rings is 1. The van der Waals surface area contributed by atoms with Gasteiger partial charge in [0.1, 0.15) is 5.82 Å². The zero-order chi connectivity index (χ0) is 21.8. The van der Waals surface area contributed by atoms with Crippen molar-refractivity contribution in [3.63, 3.8) is 0 Å². The van der Waals surface area contributed by atoms with Gasteiger partial charge in [0.15, 0.2) is 0 Å². The molecule has 1 fully saturated rings. The maximum atomic E-state index is 12.3. The lowest BCUT2D eigenvalue weighted by molar-refractivity contribution is 0.185. The minimum Gasteiger partial charge on any atom is -0.341 e. The summed E-state index contributed by atoms with van der Waals surface area (Å²) in [6.45, 7) is 4.07. The fourth-order valence-corrected chi connectivity index (χ4v) is 5.33. The van der Waals surface area contributed by atoms with E-state index in [4.69, 9.17) is 9.97 Å². The van der Waals surface area contributed by atoms with Gasteiger partial charge in [0.25, 0.3) is 0 Å². The Balaban J connectivity index is 1.48. The summed E-state index contributed by atoms with van der Waals surface area (Å²) in [5.41, 5.74) is 4.12. The molecule has 3 aromatic heterocycles. The Morgan fingerprint density at radius 3 is 2.81 bits per heavy atom. The molecule has 0 atom stereocenters. The number of pyridine rings is 1. The molecule has 0 bridgehead atoms. The number of thiazole rings is 1. The number of rotatable bonds is 3. The van der Waals surface area contributed by atoms with Gasteiger partial charge in [-0.25, -0.2) is 14.8 Å². The van der Waals surface area contributed by atoms with Crippen LogP contribution in [0.5, 0.6) is 0 Å². The van der Waals surface area contributed by atoms with E-state index in [1.807, 2.05) is 24.2 Å². The van der Waals surface area contributed by atoms with Crippen molar-refractivity contribution in [2.75, 3.05) is 13.6 Å². The second-order valence-corrected chi connectivity index (χ2v) is 9.74. The van der Waals surface area contributed by atoms with Crippen molar-refractivity contribution >= 4 is 28.1 Å². The number of hydrogen-bond acceptors (Lipinski definition) is 5. The lowest BCUT2D eigenvalue weighted by Gasteiger charge is -2.29. The Hall–Kier alpha value is -3.26. The van der Waals surface area contributed by atoms with Crippen LogP contribution in [0.15, 0.2) is 36.7 Å². The van der Waals surface area contributed by atoms with Crippen molar-refractivity contribution < 1.29 is 4.79 Å². The topological polar surface area (TPSA) is 75.9 Å². The van der Waals surface area contributed by atoms with Gasteiger partial charge in [-0.3, -0.25) is 4.98 Å². The van der Waals surface area contributed by atoms with Gasteiger partial charge in [-0.05, 0) is 31.2 Å². The van der Waals surface area contributed by atoms with Crippen LogP contribution in [-0.4, -0.2) is 44.0 Å². The van der Waals surface area contributed by atoms with Gasteiger partial charge in [0.2, 0.25) is 0 Å². The third-order valence-electron chi connectivity index (χ3n) is 6.37. The first-order chi connectivity index (χ1) is 15.6. The lowest BCUT2D eigenvalue weighted by atomic mass is 10.0. The van der Waals surface area contributed by atoms with E-state index in [2.05, 4.69) is 39.1 Å². The largest absolute Gasteiger partial charge is 0.341 e. The molecular formula is C24H24N6OS. The number of amides is 2. The van der Waals surface area contributed by atoms with Crippen LogP contribution in [0.4, 0.5) is 4.79 Å². The molecule has 4 heterocycles. The van der Waals surface area contributed by atoms with Crippen LogP contribution in [0.1, 0.15) is 35.3 Å². The molecule has 1 saturated carbocycles. The molecule has 162 valence electrons. The Kier molecular flexibility index (Phi) is 4.50. The predicted octanol–water partition coefficient (Wildman–Crippen LogP) is 4.56. The Morgan fingerprint density at radius 1 is 1.19 bits per heavy atom. The number of carbonyl (C=O) groups excluding carboxylic acids is 1. The number of nitrogens with zero attached hydrogens (tertiary/aromatic N) is 5.